The third-order valence-corrected chi connectivity index (χ3v) is 3.99. The molecule has 0 unspecified atom stereocenters. The molecule has 2 aromatic rings. The van der Waals surface area contributed by atoms with Crippen LogP contribution in [0.2, 0.25) is 0 Å². The zero-order valence-electron chi connectivity index (χ0n) is 11.5. The largest absolute Gasteiger partial charge is 0.469 e. The summed E-state index contributed by atoms with van der Waals surface area (Å²) in [5, 5.41) is 0. The normalized spacial score (nSPS) is 11.1. The minimum atomic E-state index is -3.77. The monoisotopic (exact) mass is 310 g/mol. The number of carbonyl (C=O) groups is 1. The third kappa shape index (κ3) is 3.82. The fraction of sp³-hybridized carbons (Fsp3) is 0.231. The summed E-state index contributed by atoms with van der Waals surface area (Å²) in [6.07, 6.45) is 1.43. The van der Waals surface area contributed by atoms with E-state index < -0.39 is 10.0 Å². The van der Waals surface area contributed by atoms with Gasteiger partial charge in [-0.1, -0.05) is 12.1 Å². The van der Waals surface area contributed by atoms with Gasteiger partial charge < -0.3 is 9.15 Å². The minimum Gasteiger partial charge on any atom is -0.469 e. The first kappa shape index (κ1) is 15.0. The number of hydrogen-bond donors (Lipinski definition) is 1. The zero-order chi connectivity index (χ0) is 15.5. The summed E-state index contributed by atoms with van der Waals surface area (Å²) >= 11 is 0. The topological polar surface area (TPSA) is 98.5 Å². The predicted molar refractivity (Wildman–Crippen MR) is 74.2 cm³/mol. The number of carbonyl (C=O) groups excluding carboxylic acids is 1. The number of methoxy groups -OCH3 is 1. The van der Waals surface area contributed by atoms with Crippen LogP contribution in [0.1, 0.15) is 11.3 Å². The maximum absolute atomic E-state index is 12.1. The highest BCUT2D eigenvalue weighted by Crippen LogP contribution is 2.16. The molecule has 1 heterocycles. The molecule has 21 heavy (non-hydrogen) atoms. The molecule has 0 aliphatic heterocycles. The van der Waals surface area contributed by atoms with Crippen molar-refractivity contribution in [1.82, 2.24) is 4.98 Å². The van der Waals surface area contributed by atoms with Gasteiger partial charge in [0.05, 0.1) is 24.1 Å². The van der Waals surface area contributed by atoms with Crippen LogP contribution >= 0.6 is 0 Å². The first-order chi connectivity index (χ1) is 9.90. The number of rotatable bonds is 5. The molecule has 112 valence electrons. The molecular weight excluding hydrogens is 296 g/mol. The number of aromatic nitrogens is 1. The van der Waals surface area contributed by atoms with E-state index in [9.17, 15) is 13.2 Å². The Bertz CT molecular complexity index is 734. The lowest BCUT2D eigenvalue weighted by molar-refractivity contribution is -0.139. The van der Waals surface area contributed by atoms with Gasteiger partial charge in [0, 0.05) is 0 Å². The van der Waals surface area contributed by atoms with Gasteiger partial charge in [0.25, 0.3) is 10.0 Å². The average molecular weight is 310 g/mol. The zero-order valence-corrected chi connectivity index (χ0v) is 12.3. The molecule has 0 spiro atoms. The van der Waals surface area contributed by atoms with Gasteiger partial charge in [-0.05, 0) is 24.6 Å². The molecule has 0 fully saturated rings. The Morgan fingerprint density at radius 1 is 1.33 bits per heavy atom. The molecule has 0 radical (unpaired) electrons. The van der Waals surface area contributed by atoms with Crippen molar-refractivity contribution in [1.29, 1.82) is 0 Å². The number of hydrogen-bond acceptors (Lipinski definition) is 6. The van der Waals surface area contributed by atoms with Crippen molar-refractivity contribution in [3.05, 3.63) is 41.8 Å². The van der Waals surface area contributed by atoms with Crippen LogP contribution in [0, 0.1) is 6.92 Å². The first-order valence-electron chi connectivity index (χ1n) is 6.01. The molecule has 7 nitrogen and oxygen atoms in total. The Labute approximate surface area is 122 Å². The number of oxazole rings is 1. The summed E-state index contributed by atoms with van der Waals surface area (Å²) in [4.78, 5) is 15.1. The van der Waals surface area contributed by atoms with E-state index in [4.69, 9.17) is 4.42 Å². The lowest BCUT2D eigenvalue weighted by atomic mass is 10.2. The molecule has 0 aliphatic carbocycles. The van der Waals surface area contributed by atoms with E-state index in [0.29, 0.717) is 11.3 Å². The van der Waals surface area contributed by atoms with E-state index in [1.807, 2.05) is 0 Å². The number of aryl methyl sites for hydroxylation is 1. The van der Waals surface area contributed by atoms with E-state index in [0.717, 1.165) is 0 Å². The summed E-state index contributed by atoms with van der Waals surface area (Å²) in [5.41, 5.74) is 1.23. The molecule has 1 aromatic heterocycles. The number of ether oxygens (including phenoxy) is 1. The van der Waals surface area contributed by atoms with Crippen LogP contribution in [0.3, 0.4) is 0 Å². The van der Waals surface area contributed by atoms with Crippen molar-refractivity contribution in [2.75, 3.05) is 11.8 Å². The molecule has 0 bridgehead atoms. The van der Waals surface area contributed by atoms with Crippen molar-refractivity contribution < 1.29 is 22.4 Å². The average Bonchev–Trinajstić information content (AvgIpc) is 2.83. The van der Waals surface area contributed by atoms with Crippen LogP contribution in [0.15, 0.2) is 39.8 Å². The molecular formula is C13H14N2O5S. The van der Waals surface area contributed by atoms with E-state index in [1.165, 1.54) is 25.5 Å². The van der Waals surface area contributed by atoms with Crippen LogP contribution in [-0.2, 0) is 26.0 Å². The Balaban J connectivity index is 2.15. The maximum atomic E-state index is 12.1. The van der Waals surface area contributed by atoms with Gasteiger partial charge in [-0.2, -0.15) is 4.98 Å². The fourth-order valence-corrected chi connectivity index (χ4v) is 2.54. The number of nitrogens with one attached hydrogen (secondary N) is 1. The summed E-state index contributed by atoms with van der Waals surface area (Å²) in [6.45, 7) is 1.68. The van der Waals surface area contributed by atoms with Crippen LogP contribution < -0.4 is 4.72 Å². The van der Waals surface area contributed by atoms with Crippen molar-refractivity contribution in [3.8, 4) is 0 Å². The second-order valence-corrected chi connectivity index (χ2v) is 5.98. The number of anilines is 1. The highest BCUT2D eigenvalue weighted by Gasteiger charge is 2.17. The van der Waals surface area contributed by atoms with Crippen LogP contribution in [-0.4, -0.2) is 26.5 Å². The highest BCUT2D eigenvalue weighted by atomic mass is 32.2. The van der Waals surface area contributed by atoms with Crippen molar-refractivity contribution in [2.24, 2.45) is 0 Å². The molecule has 2 rings (SSSR count). The van der Waals surface area contributed by atoms with Crippen LogP contribution in [0.25, 0.3) is 0 Å². The standard InChI is InChI=1S/C13H14N2O5S/c1-9-8-20-13(14-9)15-21(17,18)11-5-3-10(4-6-11)7-12(16)19-2/h3-6,8H,7H2,1-2H3,(H,14,15). The molecule has 0 saturated heterocycles. The Morgan fingerprint density at radius 3 is 2.52 bits per heavy atom. The van der Waals surface area contributed by atoms with E-state index >= 15 is 0 Å². The Kier molecular flexibility index (Phi) is 4.27. The van der Waals surface area contributed by atoms with Crippen molar-refractivity contribution in [3.63, 3.8) is 0 Å². The van der Waals surface area contributed by atoms with Gasteiger partial charge in [0.1, 0.15) is 6.26 Å². The minimum absolute atomic E-state index is 0.0481. The quantitative estimate of drug-likeness (QED) is 0.840. The Hall–Kier alpha value is -2.35. The lowest BCUT2D eigenvalue weighted by Crippen LogP contribution is -2.13. The number of esters is 1. The molecule has 1 N–H and O–H groups in total. The molecule has 0 amide bonds. The second-order valence-electron chi connectivity index (χ2n) is 4.30. The SMILES string of the molecule is COC(=O)Cc1ccc(S(=O)(=O)Nc2nc(C)co2)cc1. The summed E-state index contributed by atoms with van der Waals surface area (Å²) in [6, 6.07) is 5.80. The van der Waals surface area contributed by atoms with Gasteiger partial charge in [-0.15, -0.1) is 0 Å². The molecule has 0 atom stereocenters. The number of sulfonamides is 1. The predicted octanol–water partition coefficient (Wildman–Crippen LogP) is 1.50. The number of nitrogens with zero attached hydrogens (tertiary/aromatic N) is 1. The smallest absolute Gasteiger partial charge is 0.309 e. The fourth-order valence-electron chi connectivity index (χ4n) is 1.60. The van der Waals surface area contributed by atoms with E-state index in [1.54, 1.807) is 19.1 Å². The Morgan fingerprint density at radius 2 is 2.00 bits per heavy atom. The second kappa shape index (κ2) is 5.96. The molecule has 8 heteroatoms. The van der Waals surface area contributed by atoms with E-state index in [-0.39, 0.29) is 23.3 Å². The maximum Gasteiger partial charge on any atom is 0.309 e. The highest BCUT2D eigenvalue weighted by molar-refractivity contribution is 7.92. The molecule has 0 aliphatic rings. The van der Waals surface area contributed by atoms with Gasteiger partial charge in [-0.25, -0.2) is 13.1 Å². The summed E-state index contributed by atoms with van der Waals surface area (Å²) < 4.78 is 35.9. The summed E-state index contributed by atoms with van der Waals surface area (Å²) in [7, 11) is -2.48. The lowest BCUT2D eigenvalue weighted by Gasteiger charge is -2.05. The van der Waals surface area contributed by atoms with E-state index in [2.05, 4.69) is 14.4 Å². The summed E-state index contributed by atoms with van der Waals surface area (Å²) in [5.74, 6) is -0.390. The third-order valence-electron chi connectivity index (χ3n) is 2.65. The number of benzene rings is 1. The van der Waals surface area contributed by atoms with Crippen molar-refractivity contribution in [2.45, 2.75) is 18.2 Å². The van der Waals surface area contributed by atoms with Crippen molar-refractivity contribution >= 4 is 22.0 Å². The van der Waals surface area contributed by atoms with Crippen LogP contribution in [0.5, 0.6) is 0 Å². The van der Waals surface area contributed by atoms with Gasteiger partial charge in [0.2, 0.25) is 0 Å². The molecule has 0 saturated carbocycles. The van der Waals surface area contributed by atoms with Gasteiger partial charge in [0.15, 0.2) is 0 Å². The first-order valence-corrected chi connectivity index (χ1v) is 7.50. The molecule has 1 aromatic carbocycles. The van der Waals surface area contributed by atoms with Gasteiger partial charge in [-0.3, -0.25) is 4.79 Å². The van der Waals surface area contributed by atoms with Crippen LogP contribution in [0.4, 0.5) is 6.01 Å². The van der Waals surface area contributed by atoms with Gasteiger partial charge >= 0.3 is 12.0 Å².